The Morgan fingerprint density at radius 2 is 2.12 bits per heavy atom. The Bertz CT molecular complexity index is 364. The summed E-state index contributed by atoms with van der Waals surface area (Å²) in [5, 5.41) is 0.543. The van der Waals surface area contributed by atoms with Crippen LogP contribution < -0.4 is 4.74 Å². The molecule has 0 amide bonds. The summed E-state index contributed by atoms with van der Waals surface area (Å²) in [4.78, 5) is 11.9. The maximum atomic E-state index is 11.9. The third-order valence-corrected chi connectivity index (χ3v) is 2.75. The van der Waals surface area contributed by atoms with Gasteiger partial charge in [-0.1, -0.05) is 11.6 Å². The summed E-state index contributed by atoms with van der Waals surface area (Å²) in [6.07, 6.45) is 2.11. The molecule has 0 saturated heterocycles. The number of carbonyl (C=O) groups excluding carboxylic acids is 1. The zero-order chi connectivity index (χ0) is 12.0. The highest BCUT2D eigenvalue weighted by molar-refractivity contribution is 6.31. The van der Waals surface area contributed by atoms with Gasteiger partial charge in [0.15, 0.2) is 5.78 Å². The maximum Gasteiger partial charge on any atom is 0.166 e. The van der Waals surface area contributed by atoms with Crippen LogP contribution in [-0.4, -0.2) is 18.8 Å². The molecule has 4 heteroatoms. The summed E-state index contributed by atoms with van der Waals surface area (Å²) >= 11 is 11.4. The monoisotopic (exact) mass is 260 g/mol. The molecule has 0 bridgehead atoms. The lowest BCUT2D eigenvalue weighted by atomic mass is 10.0. The summed E-state index contributed by atoms with van der Waals surface area (Å²) < 4.78 is 5.12. The Morgan fingerprint density at radius 3 is 2.75 bits per heavy atom. The number of ether oxygens (including phenoxy) is 1. The summed E-state index contributed by atoms with van der Waals surface area (Å²) in [5.74, 6) is 1.20. The van der Waals surface area contributed by atoms with E-state index in [1.807, 2.05) is 0 Å². The fraction of sp³-hybridized carbons (Fsp3) is 0.417. The summed E-state index contributed by atoms with van der Waals surface area (Å²) in [7, 11) is 1.54. The van der Waals surface area contributed by atoms with Crippen molar-refractivity contribution in [1.29, 1.82) is 0 Å². The van der Waals surface area contributed by atoms with Gasteiger partial charge in [0.25, 0.3) is 0 Å². The Balaban J connectivity index is 2.76. The molecule has 1 rings (SSSR count). The van der Waals surface area contributed by atoms with Crippen molar-refractivity contribution in [1.82, 2.24) is 0 Å². The van der Waals surface area contributed by atoms with Crippen LogP contribution in [0.5, 0.6) is 5.75 Å². The molecule has 0 spiro atoms. The molecule has 1 aromatic rings. The van der Waals surface area contributed by atoms with Crippen molar-refractivity contribution in [2.75, 3.05) is 13.0 Å². The molecule has 0 aliphatic heterocycles. The van der Waals surface area contributed by atoms with E-state index in [1.165, 1.54) is 0 Å². The van der Waals surface area contributed by atoms with Crippen molar-refractivity contribution in [3.05, 3.63) is 28.8 Å². The second-order valence-electron chi connectivity index (χ2n) is 3.41. The van der Waals surface area contributed by atoms with E-state index in [4.69, 9.17) is 27.9 Å². The highest BCUT2D eigenvalue weighted by atomic mass is 35.5. The summed E-state index contributed by atoms with van der Waals surface area (Å²) in [6, 6.07) is 5.05. The minimum atomic E-state index is 0.0458. The van der Waals surface area contributed by atoms with Crippen molar-refractivity contribution >= 4 is 29.0 Å². The van der Waals surface area contributed by atoms with E-state index in [0.29, 0.717) is 28.6 Å². The van der Waals surface area contributed by atoms with Gasteiger partial charge in [-0.15, -0.1) is 11.6 Å². The van der Waals surface area contributed by atoms with Gasteiger partial charge >= 0.3 is 0 Å². The number of benzene rings is 1. The van der Waals surface area contributed by atoms with Crippen LogP contribution in [0.4, 0.5) is 0 Å². The van der Waals surface area contributed by atoms with Crippen LogP contribution in [0.25, 0.3) is 0 Å². The summed E-state index contributed by atoms with van der Waals surface area (Å²) in [5.41, 5.74) is 0.546. The second-order valence-corrected chi connectivity index (χ2v) is 4.23. The van der Waals surface area contributed by atoms with Crippen LogP contribution in [0.1, 0.15) is 29.6 Å². The minimum absolute atomic E-state index is 0.0458. The molecule has 0 atom stereocenters. The SMILES string of the molecule is COc1ccc(Cl)cc1C(=O)CCCCCl. The highest BCUT2D eigenvalue weighted by Gasteiger charge is 2.12. The van der Waals surface area contributed by atoms with Crippen LogP contribution in [0.15, 0.2) is 18.2 Å². The standard InChI is InChI=1S/C12H14Cl2O2/c1-16-12-6-5-9(14)8-10(12)11(15)4-2-3-7-13/h5-6,8H,2-4,7H2,1H3. The molecule has 0 unspecified atom stereocenters. The van der Waals surface area contributed by atoms with Crippen molar-refractivity contribution in [2.45, 2.75) is 19.3 Å². The Labute approximate surface area is 106 Å². The van der Waals surface area contributed by atoms with Gasteiger partial charge in [0.05, 0.1) is 12.7 Å². The van der Waals surface area contributed by atoms with Crippen LogP contribution in [-0.2, 0) is 0 Å². The lowest BCUT2D eigenvalue weighted by molar-refractivity contribution is 0.0977. The predicted octanol–water partition coefficient (Wildman–Crippen LogP) is 3.94. The van der Waals surface area contributed by atoms with Crippen molar-refractivity contribution < 1.29 is 9.53 Å². The molecular weight excluding hydrogens is 247 g/mol. The van der Waals surface area contributed by atoms with E-state index < -0.39 is 0 Å². The zero-order valence-corrected chi connectivity index (χ0v) is 10.6. The van der Waals surface area contributed by atoms with Gasteiger partial charge in [0.1, 0.15) is 5.75 Å². The average Bonchev–Trinajstić information content (AvgIpc) is 2.29. The Kier molecular flexibility index (Phi) is 5.64. The van der Waals surface area contributed by atoms with Crippen LogP contribution in [0, 0.1) is 0 Å². The van der Waals surface area contributed by atoms with Crippen molar-refractivity contribution in [2.24, 2.45) is 0 Å². The fourth-order valence-electron chi connectivity index (χ4n) is 1.41. The molecule has 1 aromatic carbocycles. The number of ketones is 1. The first-order valence-electron chi connectivity index (χ1n) is 5.11. The van der Waals surface area contributed by atoms with Crippen molar-refractivity contribution in [3.63, 3.8) is 0 Å². The molecular formula is C12H14Cl2O2. The normalized spacial score (nSPS) is 10.2. The third-order valence-electron chi connectivity index (χ3n) is 2.25. The van der Waals surface area contributed by atoms with Crippen molar-refractivity contribution in [3.8, 4) is 5.75 Å². The molecule has 0 fully saturated rings. The molecule has 16 heavy (non-hydrogen) atoms. The van der Waals surface area contributed by atoms with E-state index in [0.717, 1.165) is 12.8 Å². The number of hydrogen-bond acceptors (Lipinski definition) is 2. The van der Waals surface area contributed by atoms with Gasteiger partial charge < -0.3 is 4.74 Å². The number of Topliss-reactive ketones (excluding diaryl/α,β-unsaturated/α-hetero) is 1. The Morgan fingerprint density at radius 1 is 1.38 bits per heavy atom. The second kappa shape index (κ2) is 6.77. The fourth-order valence-corrected chi connectivity index (χ4v) is 1.77. The molecule has 0 heterocycles. The maximum absolute atomic E-state index is 11.9. The molecule has 0 aliphatic carbocycles. The first kappa shape index (κ1) is 13.3. The van der Waals surface area contributed by atoms with E-state index >= 15 is 0 Å². The number of carbonyl (C=O) groups is 1. The van der Waals surface area contributed by atoms with E-state index in [2.05, 4.69) is 0 Å². The smallest absolute Gasteiger partial charge is 0.166 e. The molecule has 0 saturated carbocycles. The predicted molar refractivity (Wildman–Crippen MR) is 66.9 cm³/mol. The van der Waals surface area contributed by atoms with Gasteiger partial charge in [-0.05, 0) is 31.0 Å². The third kappa shape index (κ3) is 3.69. The number of methoxy groups -OCH3 is 1. The molecule has 0 aromatic heterocycles. The van der Waals surface area contributed by atoms with E-state index in [1.54, 1.807) is 25.3 Å². The quantitative estimate of drug-likeness (QED) is 0.440. The van der Waals surface area contributed by atoms with E-state index in [-0.39, 0.29) is 5.78 Å². The average molecular weight is 261 g/mol. The molecule has 0 radical (unpaired) electrons. The number of alkyl halides is 1. The topological polar surface area (TPSA) is 26.3 Å². The molecule has 2 nitrogen and oxygen atoms in total. The number of rotatable bonds is 6. The van der Waals surface area contributed by atoms with Gasteiger partial charge in [0.2, 0.25) is 0 Å². The van der Waals surface area contributed by atoms with Gasteiger partial charge in [-0.2, -0.15) is 0 Å². The lowest BCUT2D eigenvalue weighted by Gasteiger charge is -2.07. The minimum Gasteiger partial charge on any atom is -0.496 e. The highest BCUT2D eigenvalue weighted by Crippen LogP contribution is 2.24. The van der Waals surface area contributed by atoms with Crippen LogP contribution >= 0.6 is 23.2 Å². The first-order chi connectivity index (χ1) is 7.69. The molecule has 0 N–H and O–H groups in total. The number of hydrogen-bond donors (Lipinski definition) is 0. The zero-order valence-electron chi connectivity index (χ0n) is 9.13. The van der Waals surface area contributed by atoms with Gasteiger partial charge in [-0.25, -0.2) is 0 Å². The number of halogens is 2. The summed E-state index contributed by atoms with van der Waals surface area (Å²) in [6.45, 7) is 0. The van der Waals surface area contributed by atoms with E-state index in [9.17, 15) is 4.79 Å². The Hall–Kier alpha value is -0.730. The molecule has 88 valence electrons. The first-order valence-corrected chi connectivity index (χ1v) is 6.03. The lowest BCUT2D eigenvalue weighted by Crippen LogP contribution is -2.02. The van der Waals surface area contributed by atoms with Crippen LogP contribution in [0.2, 0.25) is 5.02 Å². The number of unbranched alkanes of at least 4 members (excludes halogenated alkanes) is 1. The molecule has 0 aliphatic rings. The van der Waals surface area contributed by atoms with Crippen LogP contribution in [0.3, 0.4) is 0 Å². The van der Waals surface area contributed by atoms with Gasteiger partial charge in [-0.3, -0.25) is 4.79 Å². The largest absolute Gasteiger partial charge is 0.496 e. The van der Waals surface area contributed by atoms with Gasteiger partial charge in [0, 0.05) is 17.3 Å².